The summed E-state index contributed by atoms with van der Waals surface area (Å²) in [6, 6.07) is 1.63. The lowest BCUT2D eigenvalue weighted by atomic mass is 10.1. The van der Waals surface area contributed by atoms with Crippen LogP contribution in [0.4, 0.5) is 0 Å². The largest absolute Gasteiger partial charge is 0.481 e. The summed E-state index contributed by atoms with van der Waals surface area (Å²) >= 11 is 5.73. The van der Waals surface area contributed by atoms with Crippen molar-refractivity contribution in [2.45, 2.75) is 12.8 Å². The van der Waals surface area contributed by atoms with Crippen LogP contribution < -0.4 is 0 Å². The summed E-state index contributed by atoms with van der Waals surface area (Å²) in [5.74, 6) is -1.56. The first-order valence-electron chi connectivity index (χ1n) is 4.31. The van der Waals surface area contributed by atoms with Crippen molar-refractivity contribution >= 4 is 23.2 Å². The van der Waals surface area contributed by atoms with E-state index in [1.165, 1.54) is 10.7 Å². The van der Waals surface area contributed by atoms with E-state index >= 15 is 0 Å². The first-order chi connectivity index (χ1) is 7.08. The first kappa shape index (κ1) is 9.92. The van der Waals surface area contributed by atoms with Gasteiger partial charge in [-0.1, -0.05) is 11.6 Å². The second-order valence-corrected chi connectivity index (χ2v) is 3.64. The Morgan fingerprint density at radius 1 is 1.67 bits per heavy atom. The van der Waals surface area contributed by atoms with Gasteiger partial charge in [0, 0.05) is 12.3 Å². The van der Waals surface area contributed by atoms with Crippen molar-refractivity contribution in [1.29, 1.82) is 0 Å². The Morgan fingerprint density at radius 2 is 2.40 bits per heavy atom. The molecule has 1 N–H and O–H groups in total. The van der Waals surface area contributed by atoms with Crippen LogP contribution in [0.2, 0.25) is 5.02 Å². The number of rotatable bonds is 2. The van der Waals surface area contributed by atoms with E-state index in [0.717, 1.165) is 0 Å². The average Bonchev–Trinajstić information content (AvgIpc) is 2.58. The van der Waals surface area contributed by atoms with Gasteiger partial charge in [0.25, 0.3) is 0 Å². The van der Waals surface area contributed by atoms with Crippen LogP contribution in [-0.2, 0) is 4.79 Å². The van der Waals surface area contributed by atoms with Gasteiger partial charge in [0.1, 0.15) is 0 Å². The molecular weight excluding hydrogens is 218 g/mol. The normalized spacial score (nSPS) is 12.9. The molecule has 15 heavy (non-hydrogen) atoms. The molecule has 1 atom stereocenters. The van der Waals surface area contributed by atoms with Crippen LogP contribution in [0.3, 0.4) is 0 Å². The van der Waals surface area contributed by atoms with E-state index in [1.807, 2.05) is 0 Å². The van der Waals surface area contributed by atoms with E-state index in [4.69, 9.17) is 16.7 Å². The van der Waals surface area contributed by atoms with Crippen molar-refractivity contribution in [3.05, 3.63) is 29.2 Å². The summed E-state index contributed by atoms with van der Waals surface area (Å²) < 4.78 is 1.47. The summed E-state index contributed by atoms with van der Waals surface area (Å²) in [6.45, 7) is 1.58. The van der Waals surface area contributed by atoms with Gasteiger partial charge in [0.05, 0.1) is 22.8 Å². The molecule has 5 nitrogen and oxygen atoms in total. The van der Waals surface area contributed by atoms with Crippen LogP contribution in [0.25, 0.3) is 5.65 Å². The molecule has 0 amide bonds. The van der Waals surface area contributed by atoms with Crippen molar-refractivity contribution in [2.24, 2.45) is 0 Å². The molecule has 0 aromatic carbocycles. The van der Waals surface area contributed by atoms with Crippen molar-refractivity contribution in [3.63, 3.8) is 0 Å². The van der Waals surface area contributed by atoms with Crippen LogP contribution in [0.1, 0.15) is 18.5 Å². The maximum absolute atomic E-state index is 10.7. The van der Waals surface area contributed by atoms with Gasteiger partial charge in [-0.15, -0.1) is 0 Å². The quantitative estimate of drug-likeness (QED) is 0.843. The van der Waals surface area contributed by atoms with Crippen LogP contribution in [0.15, 0.2) is 18.5 Å². The highest BCUT2D eigenvalue weighted by Gasteiger charge is 2.17. The molecule has 1 unspecified atom stereocenters. The molecule has 0 saturated heterocycles. The zero-order chi connectivity index (χ0) is 11.0. The summed E-state index contributed by atoms with van der Waals surface area (Å²) in [6.07, 6.45) is 3.08. The Balaban J connectivity index is 2.51. The molecule has 0 aliphatic carbocycles. The fourth-order valence-corrected chi connectivity index (χ4v) is 1.35. The van der Waals surface area contributed by atoms with Crippen LogP contribution in [-0.4, -0.2) is 25.7 Å². The van der Waals surface area contributed by atoms with Gasteiger partial charge in [0.2, 0.25) is 0 Å². The van der Waals surface area contributed by atoms with Gasteiger partial charge >= 0.3 is 5.97 Å². The number of hydrogen-bond donors (Lipinski definition) is 1. The number of carbonyl (C=O) groups is 1. The van der Waals surface area contributed by atoms with E-state index in [9.17, 15) is 4.79 Å². The van der Waals surface area contributed by atoms with Crippen LogP contribution >= 0.6 is 11.6 Å². The molecule has 0 fully saturated rings. The van der Waals surface area contributed by atoms with E-state index in [-0.39, 0.29) is 0 Å². The topological polar surface area (TPSA) is 67.5 Å². The molecule has 2 aromatic rings. The molecule has 2 heterocycles. The Kier molecular flexibility index (Phi) is 2.32. The van der Waals surface area contributed by atoms with E-state index in [0.29, 0.717) is 16.4 Å². The third-order valence-electron chi connectivity index (χ3n) is 2.11. The summed E-state index contributed by atoms with van der Waals surface area (Å²) in [5.41, 5.74) is 1.06. The molecule has 2 aromatic heterocycles. The molecule has 0 radical (unpaired) electrons. The lowest BCUT2D eigenvalue weighted by Crippen LogP contribution is -2.07. The molecule has 78 valence electrons. The van der Waals surface area contributed by atoms with Crippen molar-refractivity contribution < 1.29 is 9.90 Å². The van der Waals surface area contributed by atoms with Crippen molar-refractivity contribution in [2.75, 3.05) is 0 Å². The van der Waals surface area contributed by atoms with Gasteiger partial charge in [-0.25, -0.2) is 9.50 Å². The number of aromatic nitrogens is 3. The van der Waals surface area contributed by atoms with Crippen LogP contribution in [0, 0.1) is 0 Å². The molecule has 0 spiro atoms. The Labute approximate surface area is 90.3 Å². The average molecular weight is 226 g/mol. The molecule has 6 heteroatoms. The zero-order valence-corrected chi connectivity index (χ0v) is 8.64. The predicted molar refractivity (Wildman–Crippen MR) is 54.0 cm³/mol. The van der Waals surface area contributed by atoms with Gasteiger partial charge in [-0.3, -0.25) is 4.79 Å². The van der Waals surface area contributed by atoms with Gasteiger partial charge in [-0.2, -0.15) is 5.10 Å². The summed E-state index contributed by atoms with van der Waals surface area (Å²) in [5, 5.41) is 13.4. The minimum atomic E-state index is -0.912. The number of aliphatic carboxylic acids is 1. The Morgan fingerprint density at radius 3 is 3.07 bits per heavy atom. The van der Waals surface area contributed by atoms with E-state index < -0.39 is 11.9 Å². The molecule has 0 aliphatic heterocycles. The zero-order valence-electron chi connectivity index (χ0n) is 7.88. The number of fused-ring (bicyclic) bond motifs is 1. The molecular formula is C9H8ClN3O2. The third-order valence-corrected chi connectivity index (χ3v) is 2.31. The van der Waals surface area contributed by atoms with Crippen LogP contribution in [0.5, 0.6) is 0 Å². The summed E-state index contributed by atoms with van der Waals surface area (Å²) in [7, 11) is 0. The number of nitrogens with zero attached hydrogens (tertiary/aromatic N) is 3. The second-order valence-electron chi connectivity index (χ2n) is 3.20. The van der Waals surface area contributed by atoms with Gasteiger partial charge < -0.3 is 5.11 Å². The fourth-order valence-electron chi connectivity index (χ4n) is 1.21. The highest BCUT2D eigenvalue weighted by molar-refractivity contribution is 6.30. The first-order valence-corrected chi connectivity index (χ1v) is 4.69. The SMILES string of the molecule is CC(C(=O)O)c1cc2ncc(Cl)cn2n1. The maximum Gasteiger partial charge on any atom is 0.312 e. The monoisotopic (exact) mass is 225 g/mol. The van der Waals surface area contributed by atoms with Gasteiger partial charge in [0.15, 0.2) is 5.65 Å². The minimum absolute atomic E-state index is 0.458. The molecule has 0 saturated carbocycles. The molecule has 0 bridgehead atoms. The Bertz CT molecular complexity index is 523. The van der Waals surface area contributed by atoms with Crippen molar-refractivity contribution in [1.82, 2.24) is 14.6 Å². The number of carboxylic acids is 1. The van der Waals surface area contributed by atoms with Crippen molar-refractivity contribution in [3.8, 4) is 0 Å². The lowest BCUT2D eigenvalue weighted by molar-refractivity contribution is -0.138. The second kappa shape index (κ2) is 3.51. The molecule has 0 aliphatic rings. The number of hydrogen-bond acceptors (Lipinski definition) is 3. The number of carboxylic acid groups (broad SMARTS) is 1. The number of halogens is 1. The highest BCUT2D eigenvalue weighted by Crippen LogP contribution is 2.16. The fraction of sp³-hybridized carbons (Fsp3) is 0.222. The maximum atomic E-state index is 10.7. The standard InChI is InChI=1S/C9H8ClN3O2/c1-5(9(14)15)7-2-8-11-3-6(10)4-13(8)12-7/h2-5H,1H3,(H,14,15). The predicted octanol–water partition coefficient (Wildman–Crippen LogP) is 1.57. The summed E-state index contributed by atoms with van der Waals surface area (Å²) in [4.78, 5) is 14.8. The minimum Gasteiger partial charge on any atom is -0.481 e. The Hall–Kier alpha value is -1.62. The smallest absolute Gasteiger partial charge is 0.312 e. The van der Waals surface area contributed by atoms with E-state index in [1.54, 1.807) is 19.2 Å². The third kappa shape index (κ3) is 1.78. The van der Waals surface area contributed by atoms with E-state index in [2.05, 4.69) is 10.1 Å². The highest BCUT2D eigenvalue weighted by atomic mass is 35.5. The lowest BCUT2D eigenvalue weighted by Gasteiger charge is -1.98. The van der Waals surface area contributed by atoms with Gasteiger partial charge in [-0.05, 0) is 6.92 Å². The molecule has 2 rings (SSSR count).